The summed E-state index contributed by atoms with van der Waals surface area (Å²) in [6.07, 6.45) is 2.90. The Hall–Kier alpha value is -1.55. The fourth-order valence-electron chi connectivity index (χ4n) is 2.34. The molecular formula is C14H20N2O2. The number of amides is 1. The van der Waals surface area contributed by atoms with E-state index in [0.29, 0.717) is 0 Å². The van der Waals surface area contributed by atoms with E-state index in [1.54, 1.807) is 0 Å². The maximum Gasteiger partial charge on any atom is 0.275 e. The Morgan fingerprint density at radius 3 is 2.72 bits per heavy atom. The largest absolute Gasteiger partial charge is 0.480 e. The van der Waals surface area contributed by atoms with Crippen LogP contribution in [0.4, 0.5) is 0 Å². The Balaban J connectivity index is 2.14. The number of hydrazine groups is 1. The fraction of sp³-hybridized carbons (Fsp3) is 0.500. The van der Waals surface area contributed by atoms with Crippen LogP contribution in [0, 0.1) is 5.92 Å². The molecule has 1 aliphatic rings. The summed E-state index contributed by atoms with van der Waals surface area (Å²) < 4.78 is 5.76. The minimum Gasteiger partial charge on any atom is -0.480 e. The third-order valence-corrected chi connectivity index (χ3v) is 3.34. The Morgan fingerprint density at radius 2 is 2.06 bits per heavy atom. The van der Waals surface area contributed by atoms with E-state index in [9.17, 15) is 4.79 Å². The highest BCUT2D eigenvalue weighted by molar-refractivity contribution is 5.80. The maximum atomic E-state index is 11.6. The Labute approximate surface area is 107 Å². The predicted molar refractivity (Wildman–Crippen MR) is 70.1 cm³/mol. The molecule has 0 aromatic heterocycles. The van der Waals surface area contributed by atoms with Gasteiger partial charge in [-0.3, -0.25) is 10.2 Å². The number of hydrogen-bond donors (Lipinski definition) is 2. The molecule has 0 fully saturated rings. The average Bonchev–Trinajstić information content (AvgIpc) is 2.82. The molecule has 98 valence electrons. The van der Waals surface area contributed by atoms with Crippen LogP contribution in [0.1, 0.15) is 31.4 Å². The third kappa shape index (κ3) is 2.64. The Bertz CT molecular complexity index is 443. The number of carbonyl (C=O) groups excluding carboxylic acids is 1. The number of rotatable bonds is 4. The zero-order valence-electron chi connectivity index (χ0n) is 10.9. The van der Waals surface area contributed by atoms with Crippen molar-refractivity contribution in [2.24, 2.45) is 11.8 Å². The molecule has 4 heteroatoms. The number of nitrogens with one attached hydrogen (secondary N) is 1. The summed E-state index contributed by atoms with van der Waals surface area (Å²) in [4.78, 5) is 11.6. The zero-order chi connectivity index (χ0) is 13.1. The number of carbonyl (C=O) groups is 1. The van der Waals surface area contributed by atoms with Crippen LogP contribution in [-0.4, -0.2) is 12.0 Å². The molecule has 3 N–H and O–H groups in total. The first kappa shape index (κ1) is 12.9. The van der Waals surface area contributed by atoms with Gasteiger partial charge in [-0.05, 0) is 48.4 Å². The lowest BCUT2D eigenvalue weighted by molar-refractivity contribution is -0.129. The predicted octanol–water partition coefficient (Wildman–Crippen LogP) is 1.57. The van der Waals surface area contributed by atoms with Gasteiger partial charge in [-0.15, -0.1) is 0 Å². The monoisotopic (exact) mass is 248 g/mol. The van der Waals surface area contributed by atoms with Crippen molar-refractivity contribution in [3.05, 3.63) is 29.3 Å². The number of hydrogen-bond acceptors (Lipinski definition) is 3. The van der Waals surface area contributed by atoms with E-state index < -0.39 is 6.10 Å². The number of nitrogens with two attached hydrogens (primary N) is 1. The summed E-state index contributed by atoms with van der Waals surface area (Å²) in [7, 11) is 0. The quantitative estimate of drug-likeness (QED) is 0.483. The van der Waals surface area contributed by atoms with Gasteiger partial charge >= 0.3 is 0 Å². The Morgan fingerprint density at radius 1 is 1.33 bits per heavy atom. The molecule has 1 atom stereocenters. The van der Waals surface area contributed by atoms with Crippen molar-refractivity contribution in [2.75, 3.05) is 0 Å². The van der Waals surface area contributed by atoms with Crippen LogP contribution >= 0.6 is 0 Å². The van der Waals surface area contributed by atoms with Gasteiger partial charge in [0.2, 0.25) is 0 Å². The number of fused-ring (bicyclic) bond motifs is 1. The van der Waals surface area contributed by atoms with E-state index in [1.807, 2.05) is 26.0 Å². The summed E-state index contributed by atoms with van der Waals surface area (Å²) >= 11 is 0. The van der Waals surface area contributed by atoms with Gasteiger partial charge in [-0.2, -0.15) is 0 Å². The standard InChI is InChI=1S/C14H20N2O2/c1-9(2)13(14(17)16-15)18-12-7-6-10-4-3-5-11(10)8-12/h6-9,13H,3-5,15H2,1-2H3,(H,16,17). The minimum atomic E-state index is -0.547. The van der Waals surface area contributed by atoms with E-state index in [2.05, 4.69) is 11.5 Å². The molecule has 2 rings (SSSR count). The molecule has 0 radical (unpaired) electrons. The van der Waals surface area contributed by atoms with Gasteiger partial charge in [0.05, 0.1) is 0 Å². The highest BCUT2D eigenvalue weighted by atomic mass is 16.5. The molecule has 1 aliphatic carbocycles. The van der Waals surface area contributed by atoms with Gasteiger partial charge in [0.15, 0.2) is 6.10 Å². The molecule has 1 unspecified atom stereocenters. The average molecular weight is 248 g/mol. The van der Waals surface area contributed by atoms with E-state index >= 15 is 0 Å². The Kier molecular flexibility index (Phi) is 3.87. The lowest BCUT2D eigenvalue weighted by atomic mass is 10.1. The van der Waals surface area contributed by atoms with Crippen LogP contribution in [0.25, 0.3) is 0 Å². The van der Waals surface area contributed by atoms with Crippen molar-refractivity contribution in [1.82, 2.24) is 5.43 Å². The second-order valence-electron chi connectivity index (χ2n) is 5.08. The first-order valence-electron chi connectivity index (χ1n) is 6.40. The normalized spacial score (nSPS) is 15.3. The van der Waals surface area contributed by atoms with Crippen LogP contribution in [0.2, 0.25) is 0 Å². The minimum absolute atomic E-state index is 0.0711. The highest BCUT2D eigenvalue weighted by Crippen LogP contribution is 2.27. The van der Waals surface area contributed by atoms with Gasteiger partial charge in [0.25, 0.3) is 5.91 Å². The second-order valence-corrected chi connectivity index (χ2v) is 5.08. The van der Waals surface area contributed by atoms with Crippen molar-refractivity contribution in [2.45, 2.75) is 39.2 Å². The number of ether oxygens (including phenoxy) is 1. The maximum absolute atomic E-state index is 11.6. The van der Waals surface area contributed by atoms with Crippen LogP contribution in [0.5, 0.6) is 5.75 Å². The SMILES string of the molecule is CC(C)C(Oc1ccc2c(c1)CCC2)C(=O)NN. The lowest BCUT2D eigenvalue weighted by Gasteiger charge is -2.21. The molecule has 0 heterocycles. The molecule has 1 aromatic rings. The molecule has 0 aliphatic heterocycles. The van der Waals surface area contributed by atoms with Crippen LogP contribution < -0.4 is 16.0 Å². The van der Waals surface area contributed by atoms with Gasteiger partial charge in [0, 0.05) is 0 Å². The highest BCUT2D eigenvalue weighted by Gasteiger charge is 2.24. The van der Waals surface area contributed by atoms with Gasteiger partial charge < -0.3 is 4.74 Å². The summed E-state index contributed by atoms with van der Waals surface area (Å²) in [5.41, 5.74) is 4.89. The van der Waals surface area contributed by atoms with Gasteiger partial charge in [0.1, 0.15) is 5.75 Å². The second kappa shape index (κ2) is 5.40. The van der Waals surface area contributed by atoms with Crippen molar-refractivity contribution < 1.29 is 9.53 Å². The molecule has 18 heavy (non-hydrogen) atoms. The first-order valence-corrected chi connectivity index (χ1v) is 6.40. The lowest BCUT2D eigenvalue weighted by Crippen LogP contribution is -2.44. The van der Waals surface area contributed by atoms with Crippen molar-refractivity contribution in [1.29, 1.82) is 0 Å². The number of benzene rings is 1. The summed E-state index contributed by atoms with van der Waals surface area (Å²) in [5.74, 6) is 5.71. The summed E-state index contributed by atoms with van der Waals surface area (Å²) in [5, 5.41) is 0. The zero-order valence-corrected chi connectivity index (χ0v) is 10.9. The van der Waals surface area contributed by atoms with Gasteiger partial charge in [-0.25, -0.2) is 5.84 Å². The molecule has 4 nitrogen and oxygen atoms in total. The van der Waals surface area contributed by atoms with Crippen LogP contribution in [-0.2, 0) is 17.6 Å². The van der Waals surface area contributed by atoms with E-state index in [-0.39, 0.29) is 11.8 Å². The van der Waals surface area contributed by atoms with Crippen LogP contribution in [0.15, 0.2) is 18.2 Å². The first-order chi connectivity index (χ1) is 8.61. The molecular weight excluding hydrogens is 228 g/mol. The molecule has 0 saturated heterocycles. The molecule has 1 amide bonds. The van der Waals surface area contributed by atoms with E-state index in [1.165, 1.54) is 17.5 Å². The van der Waals surface area contributed by atoms with Crippen LogP contribution in [0.3, 0.4) is 0 Å². The van der Waals surface area contributed by atoms with E-state index in [4.69, 9.17) is 10.6 Å². The fourth-order valence-corrected chi connectivity index (χ4v) is 2.34. The van der Waals surface area contributed by atoms with Gasteiger partial charge in [-0.1, -0.05) is 19.9 Å². The molecule has 0 saturated carbocycles. The summed E-state index contributed by atoms with van der Waals surface area (Å²) in [6.45, 7) is 3.88. The van der Waals surface area contributed by atoms with E-state index in [0.717, 1.165) is 18.6 Å². The molecule has 0 spiro atoms. The molecule has 0 bridgehead atoms. The molecule has 1 aromatic carbocycles. The number of aryl methyl sites for hydroxylation is 2. The van der Waals surface area contributed by atoms with Crippen molar-refractivity contribution in [3.63, 3.8) is 0 Å². The smallest absolute Gasteiger partial charge is 0.275 e. The summed E-state index contributed by atoms with van der Waals surface area (Å²) in [6, 6.07) is 6.07. The van der Waals surface area contributed by atoms with Crippen molar-refractivity contribution in [3.8, 4) is 5.75 Å². The van der Waals surface area contributed by atoms with Crippen molar-refractivity contribution >= 4 is 5.91 Å². The topological polar surface area (TPSA) is 64.3 Å². The third-order valence-electron chi connectivity index (χ3n) is 3.34.